The molecule has 0 bridgehead atoms. The third-order valence-corrected chi connectivity index (χ3v) is 6.50. The molecule has 0 unspecified atom stereocenters. The number of anilines is 1. The summed E-state index contributed by atoms with van der Waals surface area (Å²) in [7, 11) is 0. The van der Waals surface area contributed by atoms with Gasteiger partial charge in [0.15, 0.2) is 0 Å². The van der Waals surface area contributed by atoms with Crippen molar-refractivity contribution in [3.63, 3.8) is 0 Å². The predicted octanol–water partition coefficient (Wildman–Crippen LogP) is 4.01. The van der Waals surface area contributed by atoms with Crippen molar-refractivity contribution in [1.29, 1.82) is 0 Å². The van der Waals surface area contributed by atoms with Gasteiger partial charge >= 0.3 is 0 Å². The summed E-state index contributed by atoms with van der Waals surface area (Å²) in [5, 5.41) is 4.17. The van der Waals surface area contributed by atoms with Gasteiger partial charge in [0, 0.05) is 44.7 Å². The highest BCUT2D eigenvalue weighted by atomic mass is 16.1. The maximum absolute atomic E-state index is 13.1. The Morgan fingerprint density at radius 2 is 1.74 bits per heavy atom. The highest BCUT2D eigenvalue weighted by Gasteiger charge is 2.22. The second kappa shape index (κ2) is 9.06. The van der Waals surface area contributed by atoms with Crippen molar-refractivity contribution < 1.29 is 4.79 Å². The van der Waals surface area contributed by atoms with E-state index in [1.165, 1.54) is 11.1 Å². The van der Waals surface area contributed by atoms with Crippen LogP contribution >= 0.6 is 0 Å². The van der Waals surface area contributed by atoms with Gasteiger partial charge in [-0.2, -0.15) is 0 Å². The quantitative estimate of drug-likeness (QED) is 0.619. The van der Waals surface area contributed by atoms with Crippen molar-refractivity contribution in [3.8, 4) is 0 Å². The van der Waals surface area contributed by atoms with Crippen LogP contribution in [-0.4, -0.2) is 48.5 Å². The van der Waals surface area contributed by atoms with Gasteiger partial charge in [-0.15, -0.1) is 0 Å². The summed E-state index contributed by atoms with van der Waals surface area (Å²) in [5.41, 5.74) is 4.57. The zero-order valence-corrected chi connectivity index (χ0v) is 18.0. The number of aromatic nitrogens is 1. The van der Waals surface area contributed by atoms with E-state index in [-0.39, 0.29) is 5.91 Å². The lowest BCUT2D eigenvalue weighted by Gasteiger charge is -2.28. The number of carbonyl (C=O) groups is 1. The molecule has 1 saturated heterocycles. The number of nitrogens with one attached hydrogen (secondary N) is 1. The molecule has 1 amide bonds. The number of carbonyl (C=O) groups excluding carboxylic acids is 1. The lowest BCUT2D eigenvalue weighted by atomic mass is 10.00. The first kappa shape index (κ1) is 20.0. The fraction of sp³-hybridized carbons (Fsp3) is 0.385. The smallest absolute Gasteiger partial charge is 0.255 e. The molecule has 0 spiro atoms. The Labute approximate surface area is 184 Å². The van der Waals surface area contributed by atoms with Crippen LogP contribution in [0.1, 0.15) is 40.7 Å². The molecule has 5 rings (SSSR count). The molecule has 5 heteroatoms. The van der Waals surface area contributed by atoms with Gasteiger partial charge in [-0.1, -0.05) is 42.5 Å². The molecule has 1 aromatic heterocycles. The molecule has 160 valence electrons. The molecule has 1 N–H and O–H groups in total. The van der Waals surface area contributed by atoms with Crippen molar-refractivity contribution in [2.75, 3.05) is 37.6 Å². The van der Waals surface area contributed by atoms with Gasteiger partial charge < -0.3 is 10.2 Å². The van der Waals surface area contributed by atoms with Crippen molar-refractivity contribution in [2.45, 2.75) is 32.2 Å². The van der Waals surface area contributed by atoms with Gasteiger partial charge in [0.2, 0.25) is 0 Å². The van der Waals surface area contributed by atoms with E-state index in [1.807, 2.05) is 30.3 Å². The van der Waals surface area contributed by atoms with Crippen LogP contribution in [0.2, 0.25) is 0 Å². The summed E-state index contributed by atoms with van der Waals surface area (Å²) < 4.78 is 0. The van der Waals surface area contributed by atoms with E-state index in [9.17, 15) is 4.79 Å². The number of benzene rings is 2. The third-order valence-electron chi connectivity index (χ3n) is 6.50. The van der Waals surface area contributed by atoms with Gasteiger partial charge in [-0.25, -0.2) is 4.98 Å². The lowest BCUT2D eigenvalue weighted by molar-refractivity contribution is 0.0951. The van der Waals surface area contributed by atoms with E-state index >= 15 is 0 Å². The fourth-order valence-electron chi connectivity index (χ4n) is 4.79. The number of hydrogen-bond acceptors (Lipinski definition) is 4. The first-order valence-electron chi connectivity index (χ1n) is 11.5. The molecule has 3 heterocycles. The Morgan fingerprint density at radius 3 is 2.61 bits per heavy atom. The Bertz CT molecular complexity index is 1070. The van der Waals surface area contributed by atoms with Crippen LogP contribution in [0.5, 0.6) is 0 Å². The molecule has 2 aliphatic heterocycles. The van der Waals surface area contributed by atoms with E-state index < -0.39 is 0 Å². The average molecular weight is 415 g/mol. The van der Waals surface area contributed by atoms with Crippen LogP contribution in [-0.2, 0) is 13.0 Å². The van der Waals surface area contributed by atoms with E-state index in [0.717, 1.165) is 75.1 Å². The largest absolute Gasteiger partial charge is 0.356 e. The van der Waals surface area contributed by atoms with Crippen LogP contribution in [0.3, 0.4) is 0 Å². The van der Waals surface area contributed by atoms with Crippen molar-refractivity contribution in [3.05, 3.63) is 71.3 Å². The second-order valence-electron chi connectivity index (χ2n) is 8.65. The molecule has 2 aromatic carbocycles. The number of nitrogens with zero attached hydrogens (tertiary/aromatic N) is 3. The Kier molecular flexibility index (Phi) is 5.85. The van der Waals surface area contributed by atoms with Crippen molar-refractivity contribution >= 4 is 22.6 Å². The number of amides is 1. The van der Waals surface area contributed by atoms with Gasteiger partial charge in [0.05, 0.1) is 11.1 Å². The van der Waals surface area contributed by atoms with E-state index in [2.05, 4.69) is 39.4 Å². The summed E-state index contributed by atoms with van der Waals surface area (Å²) in [4.78, 5) is 22.7. The lowest BCUT2D eigenvalue weighted by Crippen LogP contribution is -2.34. The Balaban J connectivity index is 1.22. The maximum Gasteiger partial charge on any atom is 0.255 e. The SMILES string of the molecule is O=C(NCCCN1CCc2ccccc2C1)c1cc2ccccc2nc1N1CCCC1. The van der Waals surface area contributed by atoms with E-state index in [4.69, 9.17) is 4.98 Å². The first-order chi connectivity index (χ1) is 15.3. The number of para-hydroxylation sites is 1. The number of fused-ring (bicyclic) bond motifs is 2. The highest BCUT2D eigenvalue weighted by molar-refractivity contribution is 6.02. The molecule has 2 aliphatic rings. The van der Waals surface area contributed by atoms with Crippen LogP contribution in [0.4, 0.5) is 5.82 Å². The van der Waals surface area contributed by atoms with Crippen LogP contribution < -0.4 is 10.2 Å². The Morgan fingerprint density at radius 1 is 0.968 bits per heavy atom. The molecule has 0 aliphatic carbocycles. The van der Waals surface area contributed by atoms with Crippen LogP contribution in [0.25, 0.3) is 10.9 Å². The highest BCUT2D eigenvalue weighted by Crippen LogP contribution is 2.26. The molecule has 31 heavy (non-hydrogen) atoms. The summed E-state index contributed by atoms with van der Waals surface area (Å²) in [6.45, 7) is 5.74. The first-order valence-corrected chi connectivity index (χ1v) is 11.5. The normalized spacial score (nSPS) is 16.5. The van der Waals surface area contributed by atoms with Crippen LogP contribution in [0, 0.1) is 0 Å². The maximum atomic E-state index is 13.1. The minimum absolute atomic E-state index is 0.0101. The topological polar surface area (TPSA) is 48.5 Å². The van der Waals surface area contributed by atoms with Gasteiger partial charge in [0.25, 0.3) is 5.91 Å². The van der Waals surface area contributed by atoms with Crippen molar-refractivity contribution in [1.82, 2.24) is 15.2 Å². The number of hydrogen-bond donors (Lipinski definition) is 1. The van der Waals surface area contributed by atoms with Gasteiger partial charge in [-0.05, 0) is 48.9 Å². The summed E-state index contributed by atoms with van der Waals surface area (Å²) in [5.74, 6) is 0.825. The average Bonchev–Trinajstić information content (AvgIpc) is 3.35. The zero-order valence-electron chi connectivity index (χ0n) is 18.0. The van der Waals surface area contributed by atoms with E-state index in [0.29, 0.717) is 12.1 Å². The number of pyridine rings is 1. The molecule has 3 aromatic rings. The molecule has 0 atom stereocenters. The van der Waals surface area contributed by atoms with Crippen LogP contribution in [0.15, 0.2) is 54.6 Å². The third kappa shape index (κ3) is 4.42. The fourth-order valence-corrected chi connectivity index (χ4v) is 4.79. The minimum Gasteiger partial charge on any atom is -0.356 e. The molecule has 1 fully saturated rings. The van der Waals surface area contributed by atoms with Crippen molar-refractivity contribution in [2.24, 2.45) is 0 Å². The number of rotatable bonds is 6. The molecule has 0 radical (unpaired) electrons. The van der Waals surface area contributed by atoms with Gasteiger partial charge in [-0.3, -0.25) is 9.69 Å². The van der Waals surface area contributed by atoms with Gasteiger partial charge in [0.1, 0.15) is 5.82 Å². The molecule has 0 saturated carbocycles. The summed E-state index contributed by atoms with van der Waals surface area (Å²) in [6, 6.07) is 18.8. The predicted molar refractivity (Wildman–Crippen MR) is 126 cm³/mol. The molecule has 5 nitrogen and oxygen atoms in total. The molecular formula is C26H30N4O. The summed E-state index contributed by atoms with van der Waals surface area (Å²) in [6.07, 6.45) is 4.39. The monoisotopic (exact) mass is 414 g/mol. The Hall–Kier alpha value is -2.92. The molecular weight excluding hydrogens is 384 g/mol. The summed E-state index contributed by atoms with van der Waals surface area (Å²) >= 11 is 0. The minimum atomic E-state index is -0.0101. The second-order valence-corrected chi connectivity index (χ2v) is 8.65. The van der Waals surface area contributed by atoms with E-state index in [1.54, 1.807) is 0 Å². The zero-order chi connectivity index (χ0) is 21.0. The standard InChI is InChI=1S/C26H30N4O/c31-26(27-13-7-14-29-17-12-20-8-1-2-10-22(20)19-29)23-18-21-9-3-4-11-24(21)28-25(23)30-15-5-6-16-30/h1-4,8-11,18H,5-7,12-17,19H2,(H,27,31).